The fraction of sp³-hybridized carbons (Fsp3) is 0.333. The molecule has 0 saturated carbocycles. The number of ether oxygens (including phenoxy) is 1. The first-order chi connectivity index (χ1) is 11.2. The maximum absolute atomic E-state index is 12.0. The molecule has 8 heteroatoms. The molecule has 0 aliphatic rings. The minimum Gasteiger partial charge on any atom is -0.454 e. The van der Waals surface area contributed by atoms with Crippen LogP contribution in [0, 0.1) is 0 Å². The number of carbonyl (C=O) groups excluding carboxylic acids is 1. The van der Waals surface area contributed by atoms with Gasteiger partial charge >= 0.3 is 5.97 Å². The Kier molecular flexibility index (Phi) is 4.52. The van der Waals surface area contributed by atoms with Crippen molar-refractivity contribution in [3.63, 3.8) is 0 Å². The molecule has 3 heterocycles. The summed E-state index contributed by atoms with van der Waals surface area (Å²) in [6, 6.07) is 1.73. The summed E-state index contributed by atoms with van der Waals surface area (Å²) in [5.41, 5.74) is 2.90. The average molecular weight is 331 g/mol. The van der Waals surface area contributed by atoms with E-state index in [-0.39, 0.29) is 6.61 Å². The van der Waals surface area contributed by atoms with E-state index in [2.05, 4.69) is 27.2 Å². The summed E-state index contributed by atoms with van der Waals surface area (Å²) in [7, 11) is 1.86. The number of nitrogens with zero attached hydrogens (tertiary/aromatic N) is 4. The third-order valence-electron chi connectivity index (χ3n) is 3.21. The molecule has 3 rings (SSSR count). The smallest absolute Gasteiger partial charge is 0.359 e. The fourth-order valence-corrected chi connectivity index (χ4v) is 2.89. The Morgan fingerprint density at radius 1 is 1.48 bits per heavy atom. The molecule has 0 radical (unpaired) electrons. The van der Waals surface area contributed by atoms with Gasteiger partial charge in [0.2, 0.25) is 0 Å². The zero-order chi connectivity index (χ0) is 16.2. The van der Waals surface area contributed by atoms with E-state index in [1.165, 1.54) is 11.3 Å². The molecule has 120 valence electrons. The van der Waals surface area contributed by atoms with Crippen molar-refractivity contribution in [2.45, 2.75) is 26.4 Å². The summed E-state index contributed by atoms with van der Waals surface area (Å²) in [6.07, 6.45) is 5.51. The number of hydrogen-bond acceptors (Lipinski definition) is 6. The molecule has 0 saturated heterocycles. The molecule has 0 unspecified atom stereocenters. The average Bonchev–Trinajstić information content (AvgIpc) is 3.25. The van der Waals surface area contributed by atoms with Gasteiger partial charge in [-0.3, -0.25) is 9.78 Å². The Morgan fingerprint density at radius 2 is 2.35 bits per heavy atom. The van der Waals surface area contributed by atoms with Crippen LogP contribution in [-0.2, 0) is 24.8 Å². The molecule has 23 heavy (non-hydrogen) atoms. The number of aryl methyl sites for hydroxylation is 2. The molecule has 0 fully saturated rings. The van der Waals surface area contributed by atoms with E-state index in [9.17, 15) is 4.79 Å². The minimum atomic E-state index is -0.445. The third kappa shape index (κ3) is 3.65. The van der Waals surface area contributed by atoms with Crippen LogP contribution < -0.4 is 0 Å². The monoisotopic (exact) mass is 331 g/mol. The summed E-state index contributed by atoms with van der Waals surface area (Å²) in [5.74, 6) is -0.445. The summed E-state index contributed by atoms with van der Waals surface area (Å²) < 4.78 is 6.99. The van der Waals surface area contributed by atoms with Crippen LogP contribution in [-0.4, -0.2) is 30.9 Å². The minimum absolute atomic E-state index is 0.131. The van der Waals surface area contributed by atoms with Crippen molar-refractivity contribution in [2.75, 3.05) is 0 Å². The maximum atomic E-state index is 12.0. The molecule has 0 atom stereocenters. The Bertz CT molecular complexity index is 804. The number of rotatable bonds is 6. The van der Waals surface area contributed by atoms with Gasteiger partial charge in [-0.05, 0) is 12.5 Å². The zero-order valence-electron chi connectivity index (χ0n) is 12.9. The largest absolute Gasteiger partial charge is 0.454 e. The molecular formula is C15H17N5O2S. The van der Waals surface area contributed by atoms with Gasteiger partial charge in [-0.1, -0.05) is 13.3 Å². The van der Waals surface area contributed by atoms with Crippen molar-refractivity contribution in [2.24, 2.45) is 7.05 Å². The first-order valence-electron chi connectivity index (χ1n) is 7.30. The van der Waals surface area contributed by atoms with E-state index in [1.807, 2.05) is 18.6 Å². The number of carbonyl (C=O) groups is 1. The number of hydrogen-bond donors (Lipinski definition) is 1. The van der Waals surface area contributed by atoms with E-state index < -0.39 is 5.97 Å². The topological polar surface area (TPSA) is 85.7 Å². The molecule has 0 aliphatic heterocycles. The Balaban J connectivity index is 1.59. The molecule has 3 aromatic heterocycles. The van der Waals surface area contributed by atoms with Crippen LogP contribution in [0.4, 0.5) is 0 Å². The zero-order valence-corrected chi connectivity index (χ0v) is 13.8. The number of thiazole rings is 1. The highest BCUT2D eigenvalue weighted by Gasteiger charge is 2.13. The van der Waals surface area contributed by atoms with E-state index in [0.29, 0.717) is 11.4 Å². The van der Waals surface area contributed by atoms with Gasteiger partial charge < -0.3 is 4.74 Å². The SMILES string of the molecule is CCCc1cc(C(=O)OCc2csc(-c3cnn(C)c3)n2)n[nH]1. The molecular weight excluding hydrogens is 314 g/mol. The highest BCUT2D eigenvalue weighted by Crippen LogP contribution is 2.23. The lowest BCUT2D eigenvalue weighted by Gasteiger charge is -1.99. The summed E-state index contributed by atoms with van der Waals surface area (Å²) >= 11 is 1.50. The molecule has 3 aromatic rings. The van der Waals surface area contributed by atoms with E-state index in [4.69, 9.17) is 4.74 Å². The predicted molar refractivity (Wildman–Crippen MR) is 86.0 cm³/mol. The van der Waals surface area contributed by atoms with Crippen LogP contribution in [0.25, 0.3) is 10.6 Å². The van der Waals surface area contributed by atoms with Gasteiger partial charge in [0.05, 0.1) is 11.9 Å². The molecule has 0 bridgehead atoms. The first kappa shape index (κ1) is 15.4. The fourth-order valence-electron chi connectivity index (χ4n) is 2.11. The normalized spacial score (nSPS) is 10.9. The second-order valence-corrected chi connectivity index (χ2v) is 6.01. The lowest BCUT2D eigenvalue weighted by atomic mass is 10.2. The number of aromatic nitrogens is 5. The molecule has 0 amide bonds. The summed E-state index contributed by atoms with van der Waals surface area (Å²) in [5, 5.41) is 13.7. The number of aromatic amines is 1. The predicted octanol–water partition coefficient (Wildman–Crippen LogP) is 2.58. The van der Waals surface area contributed by atoms with Crippen LogP contribution >= 0.6 is 11.3 Å². The second-order valence-electron chi connectivity index (χ2n) is 5.15. The van der Waals surface area contributed by atoms with Gasteiger partial charge in [0.1, 0.15) is 11.6 Å². The second kappa shape index (κ2) is 6.74. The van der Waals surface area contributed by atoms with Crippen LogP contribution in [0.2, 0.25) is 0 Å². The number of nitrogens with one attached hydrogen (secondary N) is 1. The summed E-state index contributed by atoms with van der Waals surface area (Å²) in [6.45, 7) is 2.20. The standard InChI is InChI=1S/C15H17N5O2S/c1-3-4-11-5-13(19-18-11)15(21)22-8-12-9-23-14(17-12)10-6-16-20(2)7-10/h5-7,9H,3-4,8H2,1-2H3,(H,18,19). The van der Waals surface area contributed by atoms with E-state index >= 15 is 0 Å². The molecule has 0 spiro atoms. The number of H-pyrrole nitrogens is 1. The first-order valence-corrected chi connectivity index (χ1v) is 8.18. The van der Waals surface area contributed by atoms with Crippen LogP contribution in [0.3, 0.4) is 0 Å². The lowest BCUT2D eigenvalue weighted by molar-refractivity contribution is 0.0461. The third-order valence-corrected chi connectivity index (χ3v) is 4.15. The Hall–Kier alpha value is -2.48. The highest BCUT2D eigenvalue weighted by molar-refractivity contribution is 7.13. The molecule has 0 aromatic carbocycles. The van der Waals surface area contributed by atoms with Gasteiger partial charge in [-0.25, -0.2) is 9.78 Å². The lowest BCUT2D eigenvalue weighted by Crippen LogP contribution is -2.05. The van der Waals surface area contributed by atoms with Gasteiger partial charge in [0, 0.05) is 29.9 Å². The molecule has 7 nitrogen and oxygen atoms in total. The van der Waals surface area contributed by atoms with Crippen molar-refractivity contribution in [3.8, 4) is 10.6 Å². The van der Waals surface area contributed by atoms with E-state index in [0.717, 1.165) is 29.1 Å². The van der Waals surface area contributed by atoms with Gasteiger partial charge in [-0.2, -0.15) is 10.2 Å². The van der Waals surface area contributed by atoms with E-state index in [1.54, 1.807) is 16.9 Å². The van der Waals surface area contributed by atoms with Crippen LogP contribution in [0.1, 0.15) is 35.2 Å². The van der Waals surface area contributed by atoms with Crippen molar-refractivity contribution in [1.29, 1.82) is 0 Å². The van der Waals surface area contributed by atoms with Gasteiger partial charge in [0.15, 0.2) is 5.69 Å². The number of esters is 1. The van der Waals surface area contributed by atoms with Crippen molar-refractivity contribution in [1.82, 2.24) is 25.0 Å². The highest BCUT2D eigenvalue weighted by atomic mass is 32.1. The maximum Gasteiger partial charge on any atom is 0.359 e. The van der Waals surface area contributed by atoms with Gasteiger partial charge in [-0.15, -0.1) is 11.3 Å². The quantitative estimate of drug-likeness (QED) is 0.702. The Labute approximate surface area is 137 Å². The molecule has 0 aliphatic carbocycles. The molecule has 1 N–H and O–H groups in total. The Morgan fingerprint density at radius 3 is 3.09 bits per heavy atom. The van der Waals surface area contributed by atoms with Crippen molar-refractivity contribution < 1.29 is 9.53 Å². The van der Waals surface area contributed by atoms with Crippen molar-refractivity contribution >= 4 is 17.3 Å². The van der Waals surface area contributed by atoms with Crippen LogP contribution in [0.15, 0.2) is 23.8 Å². The summed E-state index contributed by atoms with van der Waals surface area (Å²) in [4.78, 5) is 16.4. The van der Waals surface area contributed by atoms with Crippen molar-refractivity contribution in [3.05, 3.63) is 40.9 Å². The van der Waals surface area contributed by atoms with Gasteiger partial charge in [0.25, 0.3) is 0 Å². The van der Waals surface area contributed by atoms with Crippen LogP contribution in [0.5, 0.6) is 0 Å².